The van der Waals surface area contributed by atoms with Gasteiger partial charge in [0, 0.05) is 24.0 Å². The first-order valence-electron chi connectivity index (χ1n) is 14.3. The Balaban J connectivity index is 1.26. The largest absolute Gasteiger partial charge is 0.487 e. The molecule has 1 unspecified atom stereocenters. The van der Waals surface area contributed by atoms with E-state index >= 15 is 0 Å². The number of carbonyl (C=O) groups excluding carboxylic acids is 1. The van der Waals surface area contributed by atoms with Crippen LogP contribution in [0, 0.1) is 0 Å². The van der Waals surface area contributed by atoms with Crippen LogP contribution in [-0.2, 0) is 11.4 Å². The molecule has 1 atom stereocenters. The number of nitrogens with zero attached hydrogens (tertiary/aromatic N) is 4. The lowest BCUT2D eigenvalue weighted by molar-refractivity contribution is -0.112. The summed E-state index contributed by atoms with van der Waals surface area (Å²) < 4.78 is 12.3. The molecule has 6 rings (SSSR count). The van der Waals surface area contributed by atoms with Crippen molar-refractivity contribution in [2.75, 3.05) is 24.2 Å². The molecule has 10 heteroatoms. The van der Waals surface area contributed by atoms with Crippen LogP contribution < -0.4 is 20.1 Å². The van der Waals surface area contributed by atoms with E-state index in [2.05, 4.69) is 37.5 Å². The average molecular weight is 585 g/mol. The normalized spacial score (nSPS) is 17.3. The summed E-state index contributed by atoms with van der Waals surface area (Å²) in [4.78, 5) is 28.5. The van der Waals surface area contributed by atoms with E-state index in [4.69, 9.17) is 21.1 Å². The smallest absolute Gasteiger partial charge is 0.248 e. The predicted octanol–water partition coefficient (Wildman–Crippen LogP) is 6.52. The van der Waals surface area contributed by atoms with Crippen LogP contribution in [0.15, 0.2) is 73.2 Å². The Morgan fingerprint density at radius 2 is 2.00 bits per heavy atom. The van der Waals surface area contributed by atoms with Gasteiger partial charge in [-0.3, -0.25) is 14.7 Å². The molecule has 2 aliphatic rings. The van der Waals surface area contributed by atoms with E-state index in [0.29, 0.717) is 45.5 Å². The van der Waals surface area contributed by atoms with Crippen molar-refractivity contribution in [3.05, 3.63) is 83.9 Å². The number of rotatable bonds is 10. The van der Waals surface area contributed by atoms with Crippen LogP contribution in [0.2, 0.25) is 5.02 Å². The van der Waals surface area contributed by atoms with Crippen LogP contribution in [0.1, 0.15) is 37.8 Å². The predicted molar refractivity (Wildman–Crippen MR) is 165 cm³/mol. The molecule has 216 valence electrons. The molecule has 1 saturated carbocycles. The first-order chi connectivity index (χ1) is 20.5. The van der Waals surface area contributed by atoms with Crippen molar-refractivity contribution >= 4 is 45.6 Å². The van der Waals surface area contributed by atoms with E-state index < -0.39 is 0 Å². The Morgan fingerprint density at radius 3 is 2.74 bits per heavy atom. The Kier molecular flexibility index (Phi) is 8.48. The van der Waals surface area contributed by atoms with Crippen molar-refractivity contribution in [1.82, 2.24) is 19.9 Å². The lowest BCUT2D eigenvalue weighted by atomic mass is 9.96. The standard InChI is InChI=1S/C32H33ClN6O3/c1-39-17-5-7-23(39)11-15-29(40)38-27-13-12-26-30(31(27)42-24-8-4-9-24)32(36-20-35-26)37-21-10-14-28(25(33)18-21)41-19-22-6-2-3-16-34-22/h2-3,6,10-16,18,20,23-24H,4-5,7-9,17,19H2,1H3,(H,38,40)(H,35,36,37)/b15-11+. The quantitative estimate of drug-likeness (QED) is 0.203. The van der Waals surface area contributed by atoms with Crippen LogP contribution in [0.3, 0.4) is 0 Å². The van der Waals surface area contributed by atoms with Gasteiger partial charge in [-0.2, -0.15) is 0 Å². The van der Waals surface area contributed by atoms with Crippen LogP contribution >= 0.6 is 11.6 Å². The molecule has 0 spiro atoms. The summed E-state index contributed by atoms with van der Waals surface area (Å²) in [5, 5.41) is 7.55. The van der Waals surface area contributed by atoms with Crippen molar-refractivity contribution < 1.29 is 14.3 Å². The van der Waals surface area contributed by atoms with Gasteiger partial charge in [0.05, 0.1) is 33.4 Å². The van der Waals surface area contributed by atoms with Crippen molar-refractivity contribution in [1.29, 1.82) is 0 Å². The SMILES string of the molecule is CN1CCCC1/C=C/C(=O)Nc1ccc2ncnc(Nc3ccc(OCc4ccccn4)c(Cl)c3)c2c1OC1CCC1. The fraction of sp³-hybridized carbons (Fsp3) is 0.312. The average Bonchev–Trinajstić information content (AvgIpc) is 3.39. The highest BCUT2D eigenvalue weighted by Crippen LogP contribution is 2.41. The van der Waals surface area contributed by atoms with Crippen LogP contribution in [0.25, 0.3) is 10.9 Å². The van der Waals surface area contributed by atoms with Gasteiger partial charge in [-0.05, 0) is 88.2 Å². The van der Waals surface area contributed by atoms with Gasteiger partial charge in [-0.25, -0.2) is 9.97 Å². The molecule has 2 fully saturated rings. The molecule has 0 bridgehead atoms. The number of nitrogens with one attached hydrogen (secondary N) is 2. The third kappa shape index (κ3) is 6.48. The Bertz CT molecular complexity index is 1590. The first-order valence-corrected chi connectivity index (χ1v) is 14.6. The van der Waals surface area contributed by atoms with Crippen molar-refractivity contribution in [2.45, 2.75) is 50.9 Å². The number of carbonyl (C=O) groups is 1. The fourth-order valence-electron chi connectivity index (χ4n) is 5.11. The van der Waals surface area contributed by atoms with Crippen LogP contribution in [0.5, 0.6) is 11.5 Å². The third-order valence-corrected chi connectivity index (χ3v) is 7.99. The molecule has 2 aromatic carbocycles. The van der Waals surface area contributed by atoms with Gasteiger partial charge in [-0.1, -0.05) is 23.7 Å². The zero-order chi connectivity index (χ0) is 28.9. The number of anilines is 3. The minimum atomic E-state index is -0.201. The molecule has 1 aliphatic heterocycles. The molecule has 1 aliphatic carbocycles. The van der Waals surface area contributed by atoms with Crippen molar-refractivity contribution in [3.63, 3.8) is 0 Å². The van der Waals surface area contributed by atoms with Crippen LogP contribution in [0.4, 0.5) is 17.2 Å². The van der Waals surface area contributed by atoms with Gasteiger partial charge < -0.3 is 20.1 Å². The lowest BCUT2D eigenvalue weighted by Crippen LogP contribution is -2.25. The monoisotopic (exact) mass is 584 g/mol. The number of pyridine rings is 1. The number of hydrogen-bond acceptors (Lipinski definition) is 8. The second-order valence-electron chi connectivity index (χ2n) is 10.6. The molecule has 2 N–H and O–H groups in total. The Morgan fingerprint density at radius 1 is 1.10 bits per heavy atom. The van der Waals surface area contributed by atoms with E-state index in [1.54, 1.807) is 18.3 Å². The molecule has 1 saturated heterocycles. The number of likely N-dealkylation sites (N-methyl/N-ethyl adjacent to an activating group) is 1. The first kappa shape index (κ1) is 27.9. The molecule has 2 aromatic heterocycles. The zero-order valence-electron chi connectivity index (χ0n) is 23.4. The second-order valence-corrected chi connectivity index (χ2v) is 11.1. The maximum Gasteiger partial charge on any atom is 0.248 e. The minimum Gasteiger partial charge on any atom is -0.487 e. The maximum absolute atomic E-state index is 13.0. The van der Waals surface area contributed by atoms with Gasteiger partial charge in [-0.15, -0.1) is 0 Å². The molecular formula is C32H33ClN6O3. The lowest BCUT2D eigenvalue weighted by Gasteiger charge is -2.28. The van der Waals surface area contributed by atoms with Gasteiger partial charge in [0.15, 0.2) is 5.75 Å². The molecular weight excluding hydrogens is 552 g/mol. The maximum atomic E-state index is 13.0. The number of ether oxygens (including phenoxy) is 2. The van der Waals surface area contributed by atoms with Crippen molar-refractivity contribution in [2.24, 2.45) is 0 Å². The highest BCUT2D eigenvalue weighted by molar-refractivity contribution is 6.32. The highest BCUT2D eigenvalue weighted by atomic mass is 35.5. The number of fused-ring (bicyclic) bond motifs is 1. The third-order valence-electron chi connectivity index (χ3n) is 7.69. The minimum absolute atomic E-state index is 0.0759. The van der Waals surface area contributed by atoms with Gasteiger partial charge in [0.2, 0.25) is 5.91 Å². The Labute approximate surface area is 249 Å². The summed E-state index contributed by atoms with van der Waals surface area (Å²) in [5.41, 5.74) is 2.81. The van der Waals surface area contributed by atoms with Gasteiger partial charge in [0.25, 0.3) is 0 Å². The van der Waals surface area contributed by atoms with Crippen LogP contribution in [-0.4, -0.2) is 51.5 Å². The van der Waals surface area contributed by atoms with E-state index in [0.717, 1.165) is 50.0 Å². The summed E-state index contributed by atoms with van der Waals surface area (Å²) in [7, 11) is 2.08. The summed E-state index contributed by atoms with van der Waals surface area (Å²) >= 11 is 6.58. The molecule has 9 nitrogen and oxygen atoms in total. The molecule has 0 radical (unpaired) electrons. The molecule has 3 heterocycles. The highest BCUT2D eigenvalue weighted by Gasteiger charge is 2.24. The number of halogens is 1. The molecule has 4 aromatic rings. The topological polar surface area (TPSA) is 102 Å². The zero-order valence-corrected chi connectivity index (χ0v) is 24.2. The van der Waals surface area contributed by atoms with E-state index in [9.17, 15) is 4.79 Å². The van der Waals surface area contributed by atoms with E-state index in [1.165, 1.54) is 6.33 Å². The van der Waals surface area contributed by atoms with E-state index in [-0.39, 0.29) is 18.1 Å². The van der Waals surface area contributed by atoms with Crippen molar-refractivity contribution in [3.8, 4) is 11.5 Å². The summed E-state index contributed by atoms with van der Waals surface area (Å²) in [6.45, 7) is 1.36. The molecule has 1 amide bonds. The number of hydrogen-bond donors (Lipinski definition) is 2. The number of likely N-dealkylation sites (tertiary alicyclic amines) is 1. The van der Waals surface area contributed by atoms with Gasteiger partial charge in [0.1, 0.15) is 24.5 Å². The number of amides is 1. The van der Waals surface area contributed by atoms with Gasteiger partial charge >= 0.3 is 0 Å². The number of benzene rings is 2. The fourth-order valence-corrected chi connectivity index (χ4v) is 5.35. The molecule has 42 heavy (non-hydrogen) atoms. The summed E-state index contributed by atoms with van der Waals surface area (Å²) in [6.07, 6.45) is 12.1. The summed E-state index contributed by atoms with van der Waals surface area (Å²) in [6, 6.07) is 15.1. The van der Waals surface area contributed by atoms with E-state index in [1.807, 2.05) is 48.5 Å². The summed E-state index contributed by atoms with van der Waals surface area (Å²) in [5.74, 6) is 1.46. The second kappa shape index (κ2) is 12.8. The number of aromatic nitrogens is 3. The Hall–Kier alpha value is -4.21.